The van der Waals surface area contributed by atoms with Gasteiger partial charge in [0.25, 0.3) is 0 Å². The second-order valence-corrected chi connectivity index (χ2v) is 4.83. The van der Waals surface area contributed by atoms with Gasteiger partial charge in [0.15, 0.2) is 0 Å². The number of aryl methyl sites for hydroxylation is 2. The van der Waals surface area contributed by atoms with Crippen LogP contribution in [0, 0.1) is 13.8 Å². The molecule has 0 bridgehead atoms. The fourth-order valence-electron chi connectivity index (χ4n) is 2.18. The molecule has 0 atom stereocenters. The Labute approximate surface area is 121 Å². The van der Waals surface area contributed by atoms with Crippen molar-refractivity contribution in [2.75, 3.05) is 5.32 Å². The van der Waals surface area contributed by atoms with Crippen molar-refractivity contribution in [3.05, 3.63) is 48.2 Å². The first-order valence-electron chi connectivity index (χ1n) is 6.64. The molecule has 0 unspecified atom stereocenters. The Bertz CT molecular complexity index is 809. The molecule has 0 saturated carbocycles. The second-order valence-electron chi connectivity index (χ2n) is 4.83. The van der Waals surface area contributed by atoms with Crippen molar-refractivity contribution in [1.82, 2.24) is 19.7 Å². The molecule has 106 valence electrons. The third kappa shape index (κ3) is 2.89. The fraction of sp³-hybridized carbons (Fsp3) is 0.200. The normalized spacial score (nSPS) is 10.8. The fourth-order valence-corrected chi connectivity index (χ4v) is 2.18. The number of amides is 1. The van der Waals surface area contributed by atoms with Crippen LogP contribution >= 0.6 is 0 Å². The Balaban J connectivity index is 1.75. The van der Waals surface area contributed by atoms with Gasteiger partial charge in [-0.1, -0.05) is 24.3 Å². The highest BCUT2D eigenvalue weighted by atomic mass is 16.2. The molecule has 1 N–H and O–H groups in total. The molecule has 0 aliphatic heterocycles. The van der Waals surface area contributed by atoms with E-state index in [0.29, 0.717) is 17.5 Å². The van der Waals surface area contributed by atoms with Crippen LogP contribution in [-0.4, -0.2) is 25.7 Å². The predicted octanol–water partition coefficient (Wildman–Crippen LogP) is 2.08. The van der Waals surface area contributed by atoms with Gasteiger partial charge in [-0.15, -0.1) is 0 Å². The van der Waals surface area contributed by atoms with Gasteiger partial charge in [0.2, 0.25) is 5.91 Å². The van der Waals surface area contributed by atoms with E-state index < -0.39 is 0 Å². The summed E-state index contributed by atoms with van der Waals surface area (Å²) in [6, 6.07) is 9.73. The van der Waals surface area contributed by atoms with Gasteiger partial charge in [0, 0.05) is 11.6 Å². The van der Waals surface area contributed by atoms with Crippen molar-refractivity contribution in [3.8, 4) is 0 Å². The monoisotopic (exact) mass is 281 g/mol. The molecule has 1 amide bonds. The van der Waals surface area contributed by atoms with Crippen molar-refractivity contribution >= 4 is 22.5 Å². The number of nitrogens with zero attached hydrogens (tertiary/aromatic N) is 4. The van der Waals surface area contributed by atoms with Crippen molar-refractivity contribution < 1.29 is 4.79 Å². The van der Waals surface area contributed by atoms with Crippen molar-refractivity contribution in [2.45, 2.75) is 20.4 Å². The zero-order valence-electron chi connectivity index (χ0n) is 11.9. The average Bonchev–Trinajstić information content (AvgIpc) is 2.76. The molecular weight excluding hydrogens is 266 g/mol. The Morgan fingerprint density at radius 3 is 2.71 bits per heavy atom. The topological polar surface area (TPSA) is 72.7 Å². The SMILES string of the molecule is Cc1nc(C)n(CC(=O)Nc2cc3ccccc3cn2)n1. The molecule has 3 aromatic rings. The summed E-state index contributed by atoms with van der Waals surface area (Å²) in [5.41, 5.74) is 0. The zero-order valence-corrected chi connectivity index (χ0v) is 11.9. The Morgan fingerprint density at radius 1 is 1.24 bits per heavy atom. The van der Waals surface area contributed by atoms with Crippen LogP contribution in [0.3, 0.4) is 0 Å². The molecule has 2 heterocycles. The van der Waals surface area contributed by atoms with Crippen molar-refractivity contribution in [2.24, 2.45) is 0 Å². The molecule has 6 heteroatoms. The molecule has 0 radical (unpaired) electrons. The molecule has 1 aromatic carbocycles. The summed E-state index contributed by atoms with van der Waals surface area (Å²) in [4.78, 5) is 20.4. The van der Waals surface area contributed by atoms with E-state index in [-0.39, 0.29) is 12.5 Å². The first kappa shape index (κ1) is 13.2. The number of carbonyl (C=O) groups is 1. The predicted molar refractivity (Wildman–Crippen MR) is 79.9 cm³/mol. The van der Waals surface area contributed by atoms with Crippen LogP contribution in [-0.2, 0) is 11.3 Å². The summed E-state index contributed by atoms with van der Waals surface area (Å²) < 4.78 is 1.58. The highest BCUT2D eigenvalue weighted by molar-refractivity contribution is 5.92. The van der Waals surface area contributed by atoms with Gasteiger partial charge < -0.3 is 5.32 Å². The first-order chi connectivity index (χ1) is 10.1. The number of hydrogen-bond donors (Lipinski definition) is 1. The molecule has 0 aliphatic rings. The van der Waals surface area contributed by atoms with Crippen LogP contribution in [0.2, 0.25) is 0 Å². The number of rotatable bonds is 3. The summed E-state index contributed by atoms with van der Waals surface area (Å²) >= 11 is 0. The molecule has 0 saturated heterocycles. The number of nitrogens with one attached hydrogen (secondary N) is 1. The summed E-state index contributed by atoms with van der Waals surface area (Å²) in [7, 11) is 0. The molecule has 6 nitrogen and oxygen atoms in total. The molecular formula is C15H15N5O. The van der Waals surface area contributed by atoms with Gasteiger partial charge >= 0.3 is 0 Å². The number of hydrogen-bond acceptors (Lipinski definition) is 4. The van der Waals surface area contributed by atoms with E-state index in [1.165, 1.54) is 0 Å². The number of pyridine rings is 1. The minimum Gasteiger partial charge on any atom is -0.309 e. The largest absolute Gasteiger partial charge is 0.309 e. The van der Waals surface area contributed by atoms with Gasteiger partial charge in [-0.05, 0) is 25.3 Å². The molecule has 0 spiro atoms. The maximum Gasteiger partial charge on any atom is 0.247 e. The van der Waals surface area contributed by atoms with Gasteiger partial charge in [-0.3, -0.25) is 4.79 Å². The first-order valence-corrected chi connectivity index (χ1v) is 6.64. The number of benzene rings is 1. The van der Waals surface area contributed by atoms with Gasteiger partial charge in [-0.25, -0.2) is 14.6 Å². The van der Waals surface area contributed by atoms with Crippen LogP contribution in [0.25, 0.3) is 10.8 Å². The highest BCUT2D eigenvalue weighted by Crippen LogP contribution is 2.16. The highest BCUT2D eigenvalue weighted by Gasteiger charge is 2.09. The number of fused-ring (bicyclic) bond motifs is 1. The van der Waals surface area contributed by atoms with Gasteiger partial charge in [0.1, 0.15) is 24.0 Å². The van der Waals surface area contributed by atoms with Crippen molar-refractivity contribution in [1.29, 1.82) is 0 Å². The van der Waals surface area contributed by atoms with E-state index in [2.05, 4.69) is 20.4 Å². The van der Waals surface area contributed by atoms with Crippen LogP contribution in [0.5, 0.6) is 0 Å². The van der Waals surface area contributed by atoms with Crippen LogP contribution < -0.4 is 5.32 Å². The van der Waals surface area contributed by atoms with E-state index >= 15 is 0 Å². The number of anilines is 1. The van der Waals surface area contributed by atoms with Gasteiger partial charge in [0.05, 0.1) is 0 Å². The van der Waals surface area contributed by atoms with Gasteiger partial charge in [-0.2, -0.15) is 5.10 Å². The smallest absolute Gasteiger partial charge is 0.247 e. The molecule has 0 fully saturated rings. The maximum atomic E-state index is 12.0. The van der Waals surface area contributed by atoms with E-state index in [9.17, 15) is 4.79 Å². The van der Waals surface area contributed by atoms with Crippen molar-refractivity contribution in [3.63, 3.8) is 0 Å². The third-order valence-corrected chi connectivity index (χ3v) is 3.15. The average molecular weight is 281 g/mol. The third-order valence-electron chi connectivity index (χ3n) is 3.15. The molecule has 21 heavy (non-hydrogen) atoms. The standard InChI is InChI=1S/C15H15N5O/c1-10-17-11(2)20(19-10)9-15(21)18-14-7-12-5-3-4-6-13(12)8-16-14/h3-8H,9H2,1-2H3,(H,16,18,21). The number of aromatic nitrogens is 4. The molecule has 3 rings (SSSR count). The Hall–Kier alpha value is -2.76. The zero-order chi connectivity index (χ0) is 14.8. The number of carbonyl (C=O) groups excluding carboxylic acids is 1. The summed E-state index contributed by atoms with van der Waals surface area (Å²) in [5.74, 6) is 1.73. The lowest BCUT2D eigenvalue weighted by atomic mass is 10.2. The van der Waals surface area contributed by atoms with Crippen LogP contribution in [0.4, 0.5) is 5.82 Å². The van der Waals surface area contributed by atoms with E-state index in [1.54, 1.807) is 17.8 Å². The maximum absolute atomic E-state index is 12.0. The quantitative estimate of drug-likeness (QED) is 0.797. The minimum absolute atomic E-state index is 0.126. The summed E-state index contributed by atoms with van der Waals surface area (Å²) in [5, 5.41) is 9.02. The summed E-state index contributed by atoms with van der Waals surface area (Å²) in [6.45, 7) is 3.75. The second kappa shape index (κ2) is 5.32. The summed E-state index contributed by atoms with van der Waals surface area (Å²) in [6.07, 6.45) is 1.75. The Kier molecular flexibility index (Phi) is 3.35. The lowest BCUT2D eigenvalue weighted by Gasteiger charge is -2.06. The van der Waals surface area contributed by atoms with Crippen LogP contribution in [0.1, 0.15) is 11.6 Å². The van der Waals surface area contributed by atoms with Crippen LogP contribution in [0.15, 0.2) is 36.5 Å². The van der Waals surface area contributed by atoms with E-state index in [4.69, 9.17) is 0 Å². The molecule has 0 aliphatic carbocycles. The lowest BCUT2D eigenvalue weighted by molar-refractivity contribution is -0.117. The van der Waals surface area contributed by atoms with E-state index in [1.807, 2.05) is 37.3 Å². The molecule has 2 aromatic heterocycles. The lowest BCUT2D eigenvalue weighted by Crippen LogP contribution is -2.20. The minimum atomic E-state index is -0.175. The van der Waals surface area contributed by atoms with E-state index in [0.717, 1.165) is 10.8 Å². The Morgan fingerprint density at radius 2 is 2.00 bits per heavy atom.